The van der Waals surface area contributed by atoms with Gasteiger partial charge in [0.25, 0.3) is 11.6 Å². The first-order chi connectivity index (χ1) is 11.6. The zero-order valence-electron chi connectivity index (χ0n) is 13.9. The minimum absolute atomic E-state index is 0.0752. The normalized spacial score (nSPS) is 22.0. The quantitative estimate of drug-likeness (QED) is 0.631. The molecule has 6 nitrogen and oxygen atoms in total. The Morgan fingerprint density at radius 3 is 2.50 bits per heavy atom. The Hall–Kier alpha value is -2.11. The Morgan fingerprint density at radius 1 is 1.08 bits per heavy atom. The zero-order chi connectivity index (χ0) is 16.7. The Balaban J connectivity index is 1.65. The highest BCUT2D eigenvalue weighted by Crippen LogP contribution is 2.52. The van der Waals surface area contributed by atoms with Crippen molar-refractivity contribution in [3.63, 3.8) is 0 Å². The smallest absolute Gasteiger partial charge is 0.282 e. The van der Waals surface area contributed by atoms with Crippen LogP contribution >= 0.6 is 0 Å². The largest absolute Gasteiger partial charge is 0.371 e. The van der Waals surface area contributed by atoms with E-state index in [1.54, 1.807) is 17.0 Å². The van der Waals surface area contributed by atoms with Gasteiger partial charge in [0.2, 0.25) is 0 Å². The molecule has 1 amide bonds. The molecule has 1 aliphatic carbocycles. The van der Waals surface area contributed by atoms with Crippen molar-refractivity contribution in [1.82, 2.24) is 4.90 Å². The molecule has 4 rings (SSSR count). The molecular weight excluding hydrogens is 306 g/mol. The number of piperidine rings is 1. The maximum absolute atomic E-state index is 12.7. The highest BCUT2D eigenvalue weighted by Gasteiger charge is 2.45. The molecule has 1 aromatic rings. The number of carbonyl (C=O) groups is 1. The molecule has 0 radical (unpaired) electrons. The van der Waals surface area contributed by atoms with E-state index in [-0.39, 0.29) is 17.2 Å². The zero-order valence-corrected chi connectivity index (χ0v) is 13.9. The van der Waals surface area contributed by atoms with Gasteiger partial charge in [0.1, 0.15) is 5.56 Å². The predicted octanol–water partition coefficient (Wildman–Crippen LogP) is 3.21. The van der Waals surface area contributed by atoms with Crippen molar-refractivity contribution in [2.45, 2.75) is 38.5 Å². The topological polar surface area (TPSA) is 66.7 Å². The molecule has 1 saturated carbocycles. The molecule has 2 aliphatic heterocycles. The average molecular weight is 329 g/mol. The van der Waals surface area contributed by atoms with Crippen LogP contribution in [0.4, 0.5) is 11.4 Å². The maximum Gasteiger partial charge on any atom is 0.282 e. The molecule has 0 N–H and O–H groups in total. The average Bonchev–Trinajstić information content (AvgIpc) is 3.12. The summed E-state index contributed by atoms with van der Waals surface area (Å²) in [7, 11) is 0. The highest BCUT2D eigenvalue weighted by atomic mass is 16.6. The molecule has 0 aromatic heterocycles. The van der Waals surface area contributed by atoms with Crippen LogP contribution in [0.15, 0.2) is 18.2 Å². The summed E-state index contributed by atoms with van der Waals surface area (Å²) in [5.74, 6) is -0.195. The summed E-state index contributed by atoms with van der Waals surface area (Å²) < 4.78 is 0. The number of rotatable bonds is 3. The molecule has 6 heteroatoms. The van der Waals surface area contributed by atoms with Crippen LogP contribution < -0.4 is 4.90 Å². The SMILES string of the molecule is O=C(c1cc(N2CCCC3(CC3)C2)ccc1[N+](=O)[O-])N1CCCC1. The summed E-state index contributed by atoms with van der Waals surface area (Å²) in [5.41, 5.74) is 1.59. The fourth-order valence-corrected chi connectivity index (χ4v) is 4.15. The van der Waals surface area contributed by atoms with Gasteiger partial charge in [-0.25, -0.2) is 0 Å². The number of amides is 1. The van der Waals surface area contributed by atoms with Gasteiger partial charge in [-0.3, -0.25) is 14.9 Å². The summed E-state index contributed by atoms with van der Waals surface area (Å²) in [6, 6.07) is 5.06. The molecule has 2 heterocycles. The number of hydrogen-bond donors (Lipinski definition) is 0. The number of nitrogens with zero attached hydrogens (tertiary/aromatic N) is 3. The van der Waals surface area contributed by atoms with Gasteiger partial charge in [0.05, 0.1) is 4.92 Å². The third-order valence-corrected chi connectivity index (χ3v) is 5.78. The molecule has 1 spiro atoms. The van der Waals surface area contributed by atoms with Crippen LogP contribution in [0.25, 0.3) is 0 Å². The van der Waals surface area contributed by atoms with Gasteiger partial charge in [-0.15, -0.1) is 0 Å². The number of anilines is 1. The van der Waals surface area contributed by atoms with E-state index in [1.165, 1.54) is 25.3 Å². The molecule has 128 valence electrons. The Kier molecular flexibility index (Phi) is 3.70. The second kappa shape index (κ2) is 5.76. The fourth-order valence-electron chi connectivity index (χ4n) is 4.15. The minimum atomic E-state index is -0.439. The molecule has 3 aliphatic rings. The lowest BCUT2D eigenvalue weighted by atomic mass is 9.94. The van der Waals surface area contributed by atoms with Gasteiger partial charge in [0.15, 0.2) is 0 Å². The second-order valence-corrected chi connectivity index (χ2v) is 7.48. The van der Waals surface area contributed by atoms with E-state index in [9.17, 15) is 14.9 Å². The first kappa shape index (κ1) is 15.4. The van der Waals surface area contributed by atoms with Crippen LogP contribution in [0.5, 0.6) is 0 Å². The summed E-state index contributed by atoms with van der Waals surface area (Å²) in [4.78, 5) is 27.7. The third kappa shape index (κ3) is 2.74. The molecular formula is C18H23N3O3. The van der Waals surface area contributed by atoms with E-state index in [0.717, 1.165) is 38.0 Å². The van der Waals surface area contributed by atoms with Crippen molar-refractivity contribution < 1.29 is 9.72 Å². The lowest BCUT2D eigenvalue weighted by Crippen LogP contribution is -2.36. The highest BCUT2D eigenvalue weighted by molar-refractivity contribution is 5.99. The molecule has 0 atom stereocenters. The second-order valence-electron chi connectivity index (χ2n) is 7.48. The Morgan fingerprint density at radius 2 is 1.83 bits per heavy atom. The number of benzene rings is 1. The summed E-state index contributed by atoms with van der Waals surface area (Å²) >= 11 is 0. The van der Waals surface area contributed by atoms with Gasteiger partial charge in [0, 0.05) is 37.9 Å². The first-order valence-corrected chi connectivity index (χ1v) is 8.91. The van der Waals surface area contributed by atoms with E-state index < -0.39 is 4.92 Å². The number of carbonyl (C=O) groups excluding carboxylic acids is 1. The predicted molar refractivity (Wildman–Crippen MR) is 91.3 cm³/mol. The van der Waals surface area contributed by atoms with E-state index in [0.29, 0.717) is 18.5 Å². The number of nitro groups is 1. The monoisotopic (exact) mass is 329 g/mol. The molecule has 2 saturated heterocycles. The van der Waals surface area contributed by atoms with Crippen molar-refractivity contribution in [2.24, 2.45) is 5.41 Å². The lowest BCUT2D eigenvalue weighted by Gasteiger charge is -2.35. The van der Waals surface area contributed by atoms with Crippen LogP contribution in [0.3, 0.4) is 0 Å². The molecule has 24 heavy (non-hydrogen) atoms. The van der Waals surface area contributed by atoms with E-state index in [1.807, 2.05) is 0 Å². The van der Waals surface area contributed by atoms with Crippen molar-refractivity contribution in [1.29, 1.82) is 0 Å². The van der Waals surface area contributed by atoms with E-state index in [4.69, 9.17) is 0 Å². The molecule has 1 aromatic carbocycles. The van der Waals surface area contributed by atoms with Crippen LogP contribution in [0.1, 0.15) is 48.9 Å². The summed E-state index contributed by atoms with van der Waals surface area (Å²) in [6.45, 7) is 3.39. The number of hydrogen-bond acceptors (Lipinski definition) is 4. The van der Waals surface area contributed by atoms with Crippen molar-refractivity contribution >= 4 is 17.3 Å². The van der Waals surface area contributed by atoms with Crippen LogP contribution in [-0.2, 0) is 0 Å². The van der Waals surface area contributed by atoms with Crippen molar-refractivity contribution in [2.75, 3.05) is 31.1 Å². The van der Waals surface area contributed by atoms with Gasteiger partial charge in [-0.05, 0) is 56.1 Å². The van der Waals surface area contributed by atoms with E-state index >= 15 is 0 Å². The fraction of sp³-hybridized carbons (Fsp3) is 0.611. The molecule has 0 bridgehead atoms. The van der Waals surface area contributed by atoms with Gasteiger partial charge < -0.3 is 9.80 Å². The van der Waals surface area contributed by atoms with Crippen molar-refractivity contribution in [3.8, 4) is 0 Å². The number of likely N-dealkylation sites (tertiary alicyclic amines) is 1. The summed E-state index contributed by atoms with van der Waals surface area (Å²) in [5, 5.41) is 11.4. The van der Waals surface area contributed by atoms with Crippen LogP contribution in [0.2, 0.25) is 0 Å². The van der Waals surface area contributed by atoms with Gasteiger partial charge >= 0.3 is 0 Å². The van der Waals surface area contributed by atoms with Crippen LogP contribution in [-0.4, -0.2) is 41.9 Å². The van der Waals surface area contributed by atoms with Crippen LogP contribution in [0, 0.1) is 15.5 Å². The van der Waals surface area contributed by atoms with Gasteiger partial charge in [-0.1, -0.05) is 0 Å². The lowest BCUT2D eigenvalue weighted by molar-refractivity contribution is -0.385. The molecule has 0 unspecified atom stereocenters. The first-order valence-electron chi connectivity index (χ1n) is 8.91. The van der Waals surface area contributed by atoms with E-state index in [2.05, 4.69) is 4.90 Å². The van der Waals surface area contributed by atoms with Gasteiger partial charge in [-0.2, -0.15) is 0 Å². The third-order valence-electron chi connectivity index (χ3n) is 5.78. The van der Waals surface area contributed by atoms with Crippen molar-refractivity contribution in [3.05, 3.63) is 33.9 Å². The molecule has 3 fully saturated rings. The Labute approximate surface area is 141 Å². The minimum Gasteiger partial charge on any atom is -0.371 e. The standard InChI is InChI=1S/C18H23N3O3/c22-17(19-9-1-2-10-19)15-12-14(4-5-16(15)21(23)24)20-11-3-6-18(13-20)7-8-18/h4-5,12H,1-3,6-11,13H2. The summed E-state index contributed by atoms with van der Waals surface area (Å²) in [6.07, 6.45) is 6.98. The maximum atomic E-state index is 12.7. The Bertz CT molecular complexity index is 678. The number of nitro benzene ring substituents is 1.